The lowest BCUT2D eigenvalue weighted by atomic mass is 9.97. The van der Waals surface area contributed by atoms with Crippen molar-refractivity contribution in [3.8, 4) is 5.75 Å². The minimum atomic E-state index is -3.65. The van der Waals surface area contributed by atoms with Gasteiger partial charge in [0.2, 0.25) is 10.0 Å². The summed E-state index contributed by atoms with van der Waals surface area (Å²) in [5.74, 6) is 0.640. The lowest BCUT2D eigenvalue weighted by molar-refractivity contribution is 0.178. The lowest BCUT2D eigenvalue weighted by Crippen LogP contribution is -2.38. The maximum Gasteiger partial charge on any atom is 0.244 e. The summed E-state index contributed by atoms with van der Waals surface area (Å²) < 4.78 is 33.1. The van der Waals surface area contributed by atoms with E-state index in [0.717, 1.165) is 32.5 Å². The molecule has 0 saturated carbocycles. The van der Waals surface area contributed by atoms with Crippen LogP contribution in [0.1, 0.15) is 18.4 Å². The number of likely N-dealkylation sites (tertiary alicyclic amines) is 1. The Labute approximate surface area is 164 Å². The molecule has 8 heteroatoms. The number of rotatable bonds is 7. The van der Waals surface area contributed by atoms with Crippen LogP contribution in [-0.4, -0.2) is 40.1 Å². The zero-order valence-corrected chi connectivity index (χ0v) is 17.0. The minimum Gasteiger partial charge on any atom is -0.495 e. The van der Waals surface area contributed by atoms with E-state index in [2.05, 4.69) is 26.4 Å². The third-order valence-corrected chi connectivity index (χ3v) is 7.08. The first kappa shape index (κ1) is 19.6. The van der Waals surface area contributed by atoms with Gasteiger partial charge in [-0.05, 0) is 72.4 Å². The van der Waals surface area contributed by atoms with Crippen molar-refractivity contribution in [3.05, 3.63) is 45.6 Å². The summed E-state index contributed by atoms with van der Waals surface area (Å²) in [5.41, 5.74) is 1.35. The quantitative estimate of drug-likeness (QED) is 0.752. The summed E-state index contributed by atoms with van der Waals surface area (Å²) in [6, 6.07) is 6.76. The van der Waals surface area contributed by atoms with Crippen molar-refractivity contribution in [2.75, 3.05) is 26.7 Å². The van der Waals surface area contributed by atoms with Crippen molar-refractivity contribution in [1.29, 1.82) is 0 Å². The van der Waals surface area contributed by atoms with Gasteiger partial charge in [0.25, 0.3) is 0 Å². The van der Waals surface area contributed by atoms with Crippen LogP contribution in [0.5, 0.6) is 5.75 Å². The fourth-order valence-electron chi connectivity index (χ4n) is 3.16. The number of hydrogen-bond donors (Lipinski definition) is 1. The molecule has 5 nitrogen and oxygen atoms in total. The second kappa shape index (κ2) is 8.71. The van der Waals surface area contributed by atoms with Crippen molar-refractivity contribution < 1.29 is 13.2 Å². The molecule has 2 aromatic rings. The summed E-state index contributed by atoms with van der Waals surface area (Å²) in [6.07, 6.45) is 1.97. The van der Waals surface area contributed by atoms with E-state index in [1.54, 1.807) is 23.5 Å². The fourth-order valence-corrected chi connectivity index (χ4v) is 5.36. The van der Waals surface area contributed by atoms with Crippen LogP contribution in [0.25, 0.3) is 0 Å². The molecule has 0 spiro atoms. The van der Waals surface area contributed by atoms with Gasteiger partial charge in [0.05, 0.1) is 7.11 Å². The molecule has 3 rings (SSSR count). The highest BCUT2D eigenvalue weighted by Crippen LogP contribution is 2.27. The molecule has 1 saturated heterocycles. The summed E-state index contributed by atoms with van der Waals surface area (Å²) >= 11 is 7.67. The molecular weight excluding hydrogens is 392 g/mol. The molecule has 142 valence electrons. The molecule has 2 heterocycles. The van der Waals surface area contributed by atoms with E-state index in [4.69, 9.17) is 16.3 Å². The summed E-state index contributed by atoms with van der Waals surface area (Å²) in [6.45, 7) is 3.39. The summed E-state index contributed by atoms with van der Waals surface area (Å²) in [7, 11) is -2.20. The minimum absolute atomic E-state index is 0.0855. The molecule has 1 aromatic carbocycles. The number of methoxy groups -OCH3 is 1. The molecule has 0 atom stereocenters. The van der Waals surface area contributed by atoms with Crippen molar-refractivity contribution in [2.24, 2.45) is 5.92 Å². The molecule has 1 aliphatic heterocycles. The normalized spacial score (nSPS) is 16.7. The van der Waals surface area contributed by atoms with E-state index in [1.807, 2.05) is 0 Å². The molecular formula is C18H23ClN2O3S2. The number of ether oxygens (including phenoxy) is 1. The van der Waals surface area contributed by atoms with Gasteiger partial charge < -0.3 is 4.74 Å². The Morgan fingerprint density at radius 1 is 1.31 bits per heavy atom. The monoisotopic (exact) mass is 414 g/mol. The molecule has 0 amide bonds. The molecule has 1 N–H and O–H groups in total. The molecule has 1 aromatic heterocycles. The standard InChI is InChI=1S/C18H23ClN2O3S2/c1-24-17-3-2-16(19)10-18(17)26(22,23)20-11-14-4-7-21(8-5-14)12-15-6-9-25-13-15/h2-3,6,9-10,13-14,20H,4-5,7-8,11-12H2,1H3. The van der Waals surface area contributed by atoms with Gasteiger partial charge in [0.15, 0.2) is 0 Å². The third-order valence-electron chi connectivity index (χ3n) is 4.67. The Bertz CT molecular complexity index is 817. The van der Waals surface area contributed by atoms with Crippen LogP contribution in [0, 0.1) is 5.92 Å². The number of nitrogens with zero attached hydrogens (tertiary/aromatic N) is 1. The first-order valence-corrected chi connectivity index (χ1v) is 11.3. The van der Waals surface area contributed by atoms with Crippen LogP contribution in [-0.2, 0) is 16.6 Å². The van der Waals surface area contributed by atoms with Crippen LogP contribution >= 0.6 is 22.9 Å². The largest absolute Gasteiger partial charge is 0.495 e. The highest BCUT2D eigenvalue weighted by Gasteiger charge is 2.24. The second-order valence-electron chi connectivity index (χ2n) is 6.50. The van der Waals surface area contributed by atoms with Gasteiger partial charge >= 0.3 is 0 Å². The summed E-state index contributed by atoms with van der Waals surface area (Å²) in [5, 5.41) is 4.65. The Morgan fingerprint density at radius 3 is 2.73 bits per heavy atom. The smallest absolute Gasteiger partial charge is 0.244 e. The van der Waals surface area contributed by atoms with Crippen molar-refractivity contribution in [2.45, 2.75) is 24.3 Å². The van der Waals surface area contributed by atoms with Crippen LogP contribution < -0.4 is 9.46 Å². The van der Waals surface area contributed by atoms with Crippen LogP contribution in [0.4, 0.5) is 0 Å². The molecule has 1 fully saturated rings. The molecule has 26 heavy (non-hydrogen) atoms. The molecule has 0 bridgehead atoms. The van der Waals surface area contributed by atoms with Gasteiger partial charge in [-0.25, -0.2) is 13.1 Å². The predicted octanol–water partition coefficient (Wildman–Crippen LogP) is 3.60. The van der Waals surface area contributed by atoms with E-state index in [1.165, 1.54) is 18.7 Å². The maximum atomic E-state index is 12.6. The number of nitrogens with one attached hydrogen (secondary N) is 1. The lowest BCUT2D eigenvalue weighted by Gasteiger charge is -2.31. The summed E-state index contributed by atoms with van der Waals surface area (Å²) in [4.78, 5) is 2.51. The first-order chi connectivity index (χ1) is 12.5. The van der Waals surface area contributed by atoms with Gasteiger partial charge in [-0.1, -0.05) is 11.6 Å². The predicted molar refractivity (Wildman–Crippen MR) is 106 cm³/mol. The van der Waals surface area contributed by atoms with E-state index in [9.17, 15) is 8.42 Å². The highest BCUT2D eigenvalue weighted by atomic mass is 35.5. The van der Waals surface area contributed by atoms with Crippen molar-refractivity contribution >= 4 is 33.0 Å². The van der Waals surface area contributed by atoms with Crippen LogP contribution in [0.3, 0.4) is 0 Å². The molecule has 0 aliphatic carbocycles. The first-order valence-electron chi connectivity index (χ1n) is 8.54. The van der Waals surface area contributed by atoms with Gasteiger partial charge in [-0.15, -0.1) is 0 Å². The zero-order valence-electron chi connectivity index (χ0n) is 14.7. The van der Waals surface area contributed by atoms with Gasteiger partial charge in [-0.2, -0.15) is 11.3 Å². The Kier molecular flexibility index (Phi) is 6.58. The molecule has 0 radical (unpaired) electrons. The van der Waals surface area contributed by atoms with Crippen molar-refractivity contribution in [3.63, 3.8) is 0 Å². The van der Waals surface area contributed by atoms with Gasteiger partial charge in [0.1, 0.15) is 10.6 Å². The Balaban J connectivity index is 1.54. The van der Waals surface area contributed by atoms with E-state index < -0.39 is 10.0 Å². The third kappa shape index (κ3) is 4.98. The Hall–Kier alpha value is -1.12. The highest BCUT2D eigenvalue weighted by molar-refractivity contribution is 7.89. The number of piperidine rings is 1. The SMILES string of the molecule is COc1ccc(Cl)cc1S(=O)(=O)NCC1CCN(Cc2ccsc2)CC1. The maximum absolute atomic E-state index is 12.6. The molecule has 1 aliphatic rings. The number of sulfonamides is 1. The topological polar surface area (TPSA) is 58.6 Å². The van der Waals surface area contributed by atoms with Crippen LogP contribution in [0.15, 0.2) is 39.9 Å². The Morgan fingerprint density at radius 2 is 2.08 bits per heavy atom. The zero-order chi connectivity index (χ0) is 18.6. The number of hydrogen-bond acceptors (Lipinski definition) is 5. The fraction of sp³-hybridized carbons (Fsp3) is 0.444. The molecule has 0 unspecified atom stereocenters. The number of thiophene rings is 1. The van der Waals surface area contributed by atoms with Gasteiger partial charge in [0, 0.05) is 18.1 Å². The number of benzene rings is 1. The van der Waals surface area contributed by atoms with Gasteiger partial charge in [-0.3, -0.25) is 4.90 Å². The average Bonchev–Trinajstić information content (AvgIpc) is 3.14. The second-order valence-corrected chi connectivity index (χ2v) is 9.45. The van der Waals surface area contributed by atoms with E-state index in [-0.39, 0.29) is 4.90 Å². The van der Waals surface area contributed by atoms with Crippen molar-refractivity contribution in [1.82, 2.24) is 9.62 Å². The van der Waals surface area contributed by atoms with E-state index >= 15 is 0 Å². The van der Waals surface area contributed by atoms with E-state index in [0.29, 0.717) is 23.2 Å². The number of halogens is 1. The average molecular weight is 415 g/mol. The van der Waals surface area contributed by atoms with Crippen LogP contribution in [0.2, 0.25) is 5.02 Å².